The summed E-state index contributed by atoms with van der Waals surface area (Å²) in [6.45, 7) is 5.43. The van der Waals surface area contributed by atoms with E-state index in [2.05, 4.69) is 15.4 Å². The molecule has 0 aliphatic rings. The van der Waals surface area contributed by atoms with Crippen LogP contribution in [-0.4, -0.2) is 37.4 Å². The van der Waals surface area contributed by atoms with Crippen LogP contribution in [0.4, 0.5) is 16.2 Å². The number of aromatic nitrogens is 3. The zero-order valence-corrected chi connectivity index (χ0v) is 18.0. The highest BCUT2D eigenvalue weighted by Gasteiger charge is 2.27. The lowest BCUT2D eigenvalue weighted by Crippen LogP contribution is -2.45. The lowest BCUT2D eigenvalue weighted by Gasteiger charge is -2.33. The molecule has 0 aliphatic carbocycles. The Kier molecular flexibility index (Phi) is 6.41. The minimum atomic E-state index is -1.04. The van der Waals surface area contributed by atoms with Gasteiger partial charge in [0.25, 0.3) is 0 Å². The molecular formula is C22H22ClN5O3. The van der Waals surface area contributed by atoms with Crippen molar-refractivity contribution in [3.8, 4) is 11.4 Å². The highest BCUT2D eigenvalue weighted by molar-refractivity contribution is 6.30. The number of rotatable bonds is 5. The second-order valence-corrected chi connectivity index (χ2v) is 8.14. The van der Waals surface area contributed by atoms with Gasteiger partial charge in [-0.05, 0) is 57.2 Å². The van der Waals surface area contributed by atoms with Crippen molar-refractivity contribution in [2.24, 2.45) is 0 Å². The van der Waals surface area contributed by atoms with Gasteiger partial charge in [0.15, 0.2) is 5.82 Å². The summed E-state index contributed by atoms with van der Waals surface area (Å²) in [6, 6.07) is 13.8. The molecule has 0 radical (unpaired) electrons. The van der Waals surface area contributed by atoms with Crippen molar-refractivity contribution in [2.45, 2.75) is 26.3 Å². The topological polar surface area (TPSA) is 100 Å². The third-order valence-electron chi connectivity index (χ3n) is 4.23. The first-order valence-electron chi connectivity index (χ1n) is 9.43. The molecule has 2 aromatic carbocycles. The Hall–Kier alpha value is -3.65. The van der Waals surface area contributed by atoms with Crippen LogP contribution in [0.5, 0.6) is 0 Å². The van der Waals surface area contributed by atoms with E-state index >= 15 is 0 Å². The molecule has 3 rings (SSSR count). The van der Waals surface area contributed by atoms with Gasteiger partial charge in [0.2, 0.25) is 5.91 Å². The predicted molar refractivity (Wildman–Crippen MR) is 121 cm³/mol. The number of carbonyl (C=O) groups is 2. The SMILES string of the molecule is CC(C)(C)N(C(=O)O)c1ccc(NC(=O)/C=C/n2cnc(-c3cccc(Cl)c3)n2)cc1. The maximum Gasteiger partial charge on any atom is 0.412 e. The van der Waals surface area contributed by atoms with Crippen LogP contribution in [-0.2, 0) is 4.79 Å². The van der Waals surface area contributed by atoms with Gasteiger partial charge in [-0.3, -0.25) is 9.69 Å². The largest absolute Gasteiger partial charge is 0.465 e. The van der Waals surface area contributed by atoms with Crippen molar-refractivity contribution in [3.63, 3.8) is 0 Å². The summed E-state index contributed by atoms with van der Waals surface area (Å²) in [6.07, 6.45) is 3.25. The molecule has 2 amide bonds. The number of amides is 2. The summed E-state index contributed by atoms with van der Waals surface area (Å²) in [5.41, 5.74) is 1.23. The number of nitrogens with one attached hydrogen (secondary N) is 1. The maximum absolute atomic E-state index is 12.2. The molecule has 0 atom stereocenters. The second-order valence-electron chi connectivity index (χ2n) is 7.70. The van der Waals surface area contributed by atoms with Crippen molar-refractivity contribution >= 4 is 41.2 Å². The van der Waals surface area contributed by atoms with Gasteiger partial charge in [0.1, 0.15) is 6.33 Å². The predicted octanol–water partition coefficient (Wildman–Crippen LogP) is 4.99. The Balaban J connectivity index is 1.65. The Bertz CT molecular complexity index is 1120. The Morgan fingerprint density at radius 1 is 1.16 bits per heavy atom. The van der Waals surface area contributed by atoms with Crippen molar-refractivity contribution in [2.75, 3.05) is 10.2 Å². The number of halogens is 1. The highest BCUT2D eigenvalue weighted by atomic mass is 35.5. The van der Waals surface area contributed by atoms with Gasteiger partial charge in [-0.15, -0.1) is 5.10 Å². The number of hydrogen-bond donors (Lipinski definition) is 2. The summed E-state index contributed by atoms with van der Waals surface area (Å²) in [5, 5.41) is 17.1. The van der Waals surface area contributed by atoms with Gasteiger partial charge >= 0.3 is 6.09 Å². The van der Waals surface area contributed by atoms with E-state index in [1.807, 2.05) is 32.9 Å². The summed E-state index contributed by atoms with van der Waals surface area (Å²) < 4.78 is 1.42. The van der Waals surface area contributed by atoms with Crippen LogP contribution in [0.15, 0.2) is 60.9 Å². The Labute approximate surface area is 184 Å². The fraction of sp³-hybridized carbons (Fsp3) is 0.182. The molecule has 160 valence electrons. The third-order valence-corrected chi connectivity index (χ3v) is 4.46. The van der Waals surface area contributed by atoms with Crippen LogP contribution < -0.4 is 10.2 Å². The fourth-order valence-corrected chi connectivity index (χ4v) is 3.10. The molecule has 1 heterocycles. The van der Waals surface area contributed by atoms with Gasteiger partial charge in [-0.25, -0.2) is 14.5 Å². The molecule has 8 nitrogen and oxygen atoms in total. The molecule has 0 saturated carbocycles. The van der Waals surface area contributed by atoms with Crippen molar-refractivity contribution in [1.82, 2.24) is 14.8 Å². The van der Waals surface area contributed by atoms with E-state index in [1.165, 1.54) is 28.2 Å². The van der Waals surface area contributed by atoms with E-state index in [-0.39, 0.29) is 5.91 Å². The molecule has 9 heteroatoms. The smallest absolute Gasteiger partial charge is 0.412 e. The van der Waals surface area contributed by atoms with E-state index in [0.717, 1.165) is 5.56 Å². The Morgan fingerprint density at radius 3 is 2.48 bits per heavy atom. The second kappa shape index (κ2) is 9.01. The number of nitrogens with zero attached hydrogens (tertiary/aromatic N) is 4. The van der Waals surface area contributed by atoms with Crippen LogP contribution in [0.25, 0.3) is 17.6 Å². The quantitative estimate of drug-likeness (QED) is 0.545. The van der Waals surface area contributed by atoms with Crippen LogP contribution in [0.3, 0.4) is 0 Å². The number of benzene rings is 2. The highest BCUT2D eigenvalue weighted by Crippen LogP contribution is 2.25. The molecule has 0 spiro atoms. The standard InChI is InChI=1S/C22H22ClN5O3/c1-22(2,3)28(21(30)31)18-9-7-17(8-10-18)25-19(29)11-12-27-14-24-20(26-27)15-5-4-6-16(23)13-15/h4-14H,1-3H3,(H,25,29)(H,30,31)/b12-11+. The summed E-state index contributed by atoms with van der Waals surface area (Å²) >= 11 is 5.98. The zero-order chi connectivity index (χ0) is 22.6. The van der Waals surface area contributed by atoms with E-state index in [0.29, 0.717) is 22.2 Å². The minimum Gasteiger partial charge on any atom is -0.465 e. The van der Waals surface area contributed by atoms with E-state index in [9.17, 15) is 14.7 Å². The molecule has 31 heavy (non-hydrogen) atoms. The molecular weight excluding hydrogens is 418 g/mol. The van der Waals surface area contributed by atoms with Crippen molar-refractivity contribution in [1.29, 1.82) is 0 Å². The maximum atomic E-state index is 12.2. The molecule has 3 aromatic rings. The van der Waals surface area contributed by atoms with Crippen LogP contribution in [0.1, 0.15) is 20.8 Å². The van der Waals surface area contributed by atoms with Gasteiger partial charge in [0.05, 0.1) is 0 Å². The van der Waals surface area contributed by atoms with Crippen LogP contribution >= 0.6 is 11.6 Å². The number of hydrogen-bond acceptors (Lipinski definition) is 4. The molecule has 0 saturated heterocycles. The Morgan fingerprint density at radius 2 is 1.87 bits per heavy atom. The molecule has 0 bridgehead atoms. The van der Waals surface area contributed by atoms with Gasteiger partial charge < -0.3 is 10.4 Å². The van der Waals surface area contributed by atoms with Crippen LogP contribution in [0, 0.1) is 0 Å². The normalized spacial score (nSPS) is 11.5. The summed E-state index contributed by atoms with van der Waals surface area (Å²) in [5.74, 6) is 0.128. The fourth-order valence-electron chi connectivity index (χ4n) is 2.91. The first kappa shape index (κ1) is 22.0. The monoisotopic (exact) mass is 439 g/mol. The van der Waals surface area contributed by atoms with E-state index in [1.54, 1.807) is 36.4 Å². The third kappa shape index (κ3) is 5.70. The van der Waals surface area contributed by atoms with E-state index in [4.69, 9.17) is 11.6 Å². The summed E-state index contributed by atoms with van der Waals surface area (Å²) in [4.78, 5) is 29.2. The molecule has 0 fully saturated rings. The minimum absolute atomic E-state index is 0.363. The molecule has 1 aromatic heterocycles. The van der Waals surface area contributed by atoms with Gasteiger partial charge in [-0.1, -0.05) is 23.7 Å². The zero-order valence-electron chi connectivity index (χ0n) is 17.3. The molecule has 0 unspecified atom stereocenters. The number of anilines is 2. The first-order chi connectivity index (χ1) is 14.6. The van der Waals surface area contributed by atoms with E-state index < -0.39 is 11.6 Å². The lowest BCUT2D eigenvalue weighted by molar-refractivity contribution is -0.111. The summed E-state index contributed by atoms with van der Waals surface area (Å²) in [7, 11) is 0. The number of carboxylic acid groups (broad SMARTS) is 1. The average molecular weight is 440 g/mol. The number of carbonyl (C=O) groups excluding carboxylic acids is 1. The average Bonchev–Trinajstić information content (AvgIpc) is 3.16. The first-order valence-corrected chi connectivity index (χ1v) is 9.81. The molecule has 2 N–H and O–H groups in total. The van der Waals surface area contributed by atoms with Crippen molar-refractivity contribution < 1.29 is 14.7 Å². The van der Waals surface area contributed by atoms with Gasteiger partial charge in [0, 0.05) is 39.8 Å². The molecule has 0 aliphatic heterocycles. The van der Waals surface area contributed by atoms with Crippen LogP contribution in [0.2, 0.25) is 5.02 Å². The lowest BCUT2D eigenvalue weighted by atomic mass is 10.1. The van der Waals surface area contributed by atoms with Crippen molar-refractivity contribution in [3.05, 3.63) is 66.0 Å². The van der Waals surface area contributed by atoms with Gasteiger partial charge in [-0.2, -0.15) is 0 Å².